The van der Waals surface area contributed by atoms with Gasteiger partial charge in [-0.1, -0.05) is 0 Å². The molecule has 3 nitrogen and oxygen atoms in total. The molecule has 2 bridgehead atoms. The smallest absolute Gasteiger partial charge is 0.0879 e. The summed E-state index contributed by atoms with van der Waals surface area (Å²) in [7, 11) is 0. The second kappa shape index (κ2) is 2.19. The van der Waals surface area contributed by atoms with Gasteiger partial charge in [0.05, 0.1) is 25.4 Å². The van der Waals surface area contributed by atoms with Crippen LogP contribution in [0.4, 0.5) is 0 Å². The Morgan fingerprint density at radius 3 is 1.91 bits per heavy atom. The molecule has 3 heterocycles. The fourth-order valence-corrected chi connectivity index (χ4v) is 2.59. The minimum absolute atomic E-state index is 0.480. The SMILES string of the molecule is C1CC2OC1C1COOCC21. The Morgan fingerprint density at radius 1 is 0.818 bits per heavy atom. The molecule has 11 heavy (non-hydrogen) atoms. The van der Waals surface area contributed by atoms with Crippen LogP contribution in [-0.2, 0) is 14.5 Å². The molecule has 0 aromatic heterocycles. The van der Waals surface area contributed by atoms with Crippen LogP contribution < -0.4 is 0 Å². The summed E-state index contributed by atoms with van der Waals surface area (Å²) in [4.78, 5) is 9.91. The molecular formula is C8H12O3. The predicted octanol–water partition coefficient (Wildman–Crippen LogP) is 0.742. The van der Waals surface area contributed by atoms with E-state index in [1.165, 1.54) is 12.8 Å². The van der Waals surface area contributed by atoms with Gasteiger partial charge in [0.15, 0.2) is 0 Å². The fourth-order valence-electron chi connectivity index (χ4n) is 2.59. The summed E-state index contributed by atoms with van der Waals surface area (Å²) < 4.78 is 5.76. The Hall–Kier alpha value is -0.120. The summed E-state index contributed by atoms with van der Waals surface area (Å²) in [6, 6.07) is 0. The Kier molecular flexibility index (Phi) is 1.27. The lowest BCUT2D eigenvalue weighted by Crippen LogP contribution is -2.37. The first-order valence-electron chi connectivity index (χ1n) is 4.35. The number of fused-ring (bicyclic) bond motifs is 5. The molecule has 0 radical (unpaired) electrons. The van der Waals surface area contributed by atoms with Gasteiger partial charge in [-0.3, -0.25) is 0 Å². The third kappa shape index (κ3) is 0.789. The summed E-state index contributed by atoms with van der Waals surface area (Å²) in [6.07, 6.45) is 3.42. The van der Waals surface area contributed by atoms with Crippen molar-refractivity contribution < 1.29 is 14.5 Å². The number of hydrogen-bond donors (Lipinski definition) is 0. The van der Waals surface area contributed by atoms with E-state index in [0.29, 0.717) is 24.0 Å². The zero-order chi connectivity index (χ0) is 7.26. The van der Waals surface area contributed by atoms with Crippen molar-refractivity contribution in [3.63, 3.8) is 0 Å². The third-order valence-corrected chi connectivity index (χ3v) is 3.19. The van der Waals surface area contributed by atoms with Crippen molar-refractivity contribution in [1.29, 1.82) is 0 Å². The van der Waals surface area contributed by atoms with Gasteiger partial charge >= 0.3 is 0 Å². The van der Waals surface area contributed by atoms with Crippen LogP contribution in [0, 0.1) is 11.8 Å². The largest absolute Gasteiger partial charge is 0.374 e. The van der Waals surface area contributed by atoms with E-state index >= 15 is 0 Å². The summed E-state index contributed by atoms with van der Waals surface area (Å²) in [6.45, 7) is 1.48. The molecule has 3 aliphatic rings. The van der Waals surface area contributed by atoms with E-state index in [-0.39, 0.29) is 0 Å². The zero-order valence-corrected chi connectivity index (χ0v) is 6.36. The van der Waals surface area contributed by atoms with E-state index in [4.69, 9.17) is 14.5 Å². The van der Waals surface area contributed by atoms with Crippen molar-refractivity contribution in [2.75, 3.05) is 13.2 Å². The Labute approximate surface area is 65.5 Å². The first kappa shape index (κ1) is 6.40. The molecule has 0 aromatic carbocycles. The van der Waals surface area contributed by atoms with Crippen LogP contribution in [-0.4, -0.2) is 25.4 Å². The highest BCUT2D eigenvalue weighted by molar-refractivity contribution is 4.96. The topological polar surface area (TPSA) is 27.7 Å². The van der Waals surface area contributed by atoms with Gasteiger partial charge in [-0.2, -0.15) is 0 Å². The molecule has 0 aromatic rings. The van der Waals surface area contributed by atoms with E-state index in [1.54, 1.807) is 0 Å². The van der Waals surface area contributed by atoms with Gasteiger partial charge in [-0.25, -0.2) is 9.78 Å². The molecule has 62 valence electrons. The van der Waals surface area contributed by atoms with Gasteiger partial charge in [0.25, 0.3) is 0 Å². The Bertz CT molecular complexity index is 153. The molecule has 3 saturated heterocycles. The van der Waals surface area contributed by atoms with Crippen LogP contribution in [0.5, 0.6) is 0 Å². The van der Waals surface area contributed by atoms with Gasteiger partial charge < -0.3 is 4.74 Å². The zero-order valence-electron chi connectivity index (χ0n) is 6.36. The Balaban J connectivity index is 1.84. The molecule has 0 amide bonds. The predicted molar refractivity (Wildman–Crippen MR) is 36.8 cm³/mol. The number of hydrogen-bond acceptors (Lipinski definition) is 3. The second-order valence-corrected chi connectivity index (χ2v) is 3.69. The molecule has 0 spiro atoms. The van der Waals surface area contributed by atoms with E-state index in [1.807, 2.05) is 0 Å². The monoisotopic (exact) mass is 156 g/mol. The molecule has 3 rings (SSSR count). The standard InChI is InChI=1S/C8H12O3/c1-2-8-6-4-10-9-3-5(6)7(1)11-8/h5-8H,1-4H2. The van der Waals surface area contributed by atoms with Crippen LogP contribution >= 0.6 is 0 Å². The van der Waals surface area contributed by atoms with E-state index < -0.39 is 0 Å². The van der Waals surface area contributed by atoms with Gasteiger partial charge in [0.1, 0.15) is 0 Å². The fraction of sp³-hybridized carbons (Fsp3) is 1.00. The van der Waals surface area contributed by atoms with Crippen LogP contribution in [0.3, 0.4) is 0 Å². The highest BCUT2D eigenvalue weighted by Gasteiger charge is 2.50. The first-order chi connectivity index (χ1) is 5.45. The average molecular weight is 156 g/mol. The van der Waals surface area contributed by atoms with Crippen molar-refractivity contribution in [3.8, 4) is 0 Å². The third-order valence-electron chi connectivity index (χ3n) is 3.19. The van der Waals surface area contributed by atoms with E-state index in [2.05, 4.69) is 0 Å². The van der Waals surface area contributed by atoms with E-state index in [9.17, 15) is 0 Å². The van der Waals surface area contributed by atoms with Crippen molar-refractivity contribution >= 4 is 0 Å². The molecule has 3 heteroatoms. The van der Waals surface area contributed by atoms with Crippen molar-refractivity contribution in [2.45, 2.75) is 25.0 Å². The molecule has 3 aliphatic heterocycles. The van der Waals surface area contributed by atoms with Crippen molar-refractivity contribution in [1.82, 2.24) is 0 Å². The van der Waals surface area contributed by atoms with Crippen LogP contribution in [0.1, 0.15) is 12.8 Å². The summed E-state index contributed by atoms with van der Waals surface area (Å²) in [5.41, 5.74) is 0. The average Bonchev–Trinajstić information content (AvgIpc) is 2.64. The molecule has 0 aliphatic carbocycles. The molecule has 3 fully saturated rings. The van der Waals surface area contributed by atoms with Gasteiger partial charge in [-0.05, 0) is 12.8 Å². The minimum Gasteiger partial charge on any atom is -0.374 e. The summed E-state index contributed by atoms with van der Waals surface area (Å²) in [5, 5.41) is 0. The maximum absolute atomic E-state index is 5.76. The van der Waals surface area contributed by atoms with Crippen LogP contribution in [0.15, 0.2) is 0 Å². The lowest BCUT2D eigenvalue weighted by Gasteiger charge is -2.30. The van der Waals surface area contributed by atoms with Crippen molar-refractivity contribution in [2.24, 2.45) is 11.8 Å². The molecule has 4 atom stereocenters. The highest BCUT2D eigenvalue weighted by Crippen LogP contribution is 2.44. The van der Waals surface area contributed by atoms with Gasteiger partial charge in [0.2, 0.25) is 0 Å². The Morgan fingerprint density at radius 2 is 1.36 bits per heavy atom. The molecule has 0 saturated carbocycles. The van der Waals surface area contributed by atoms with Crippen LogP contribution in [0.25, 0.3) is 0 Å². The molecule has 0 N–H and O–H groups in total. The number of rotatable bonds is 0. The normalized spacial score (nSPS) is 54.5. The van der Waals surface area contributed by atoms with E-state index in [0.717, 1.165) is 13.2 Å². The summed E-state index contributed by atoms with van der Waals surface area (Å²) in [5.74, 6) is 1.25. The summed E-state index contributed by atoms with van der Waals surface area (Å²) >= 11 is 0. The quantitative estimate of drug-likeness (QED) is 0.484. The van der Waals surface area contributed by atoms with Crippen LogP contribution in [0.2, 0.25) is 0 Å². The minimum atomic E-state index is 0.480. The highest BCUT2D eigenvalue weighted by atomic mass is 17.2. The number of ether oxygens (including phenoxy) is 1. The maximum atomic E-state index is 5.76. The molecule has 4 unspecified atom stereocenters. The van der Waals surface area contributed by atoms with Gasteiger partial charge in [0, 0.05) is 11.8 Å². The molecular weight excluding hydrogens is 144 g/mol. The lowest BCUT2D eigenvalue weighted by molar-refractivity contribution is -0.337. The second-order valence-electron chi connectivity index (χ2n) is 3.69. The van der Waals surface area contributed by atoms with Crippen molar-refractivity contribution in [3.05, 3.63) is 0 Å². The maximum Gasteiger partial charge on any atom is 0.0879 e. The first-order valence-corrected chi connectivity index (χ1v) is 4.35. The lowest BCUT2D eigenvalue weighted by atomic mass is 9.80. The van der Waals surface area contributed by atoms with Gasteiger partial charge in [-0.15, -0.1) is 0 Å².